The summed E-state index contributed by atoms with van der Waals surface area (Å²) in [6.45, 7) is 0.649. The third-order valence-electron chi connectivity index (χ3n) is 6.17. The molecule has 0 N–H and O–H groups in total. The Balaban J connectivity index is 1.43. The Morgan fingerprint density at radius 1 is 0.581 bits per heavy atom. The second kappa shape index (κ2) is 8.61. The van der Waals surface area contributed by atoms with Crippen molar-refractivity contribution in [2.24, 2.45) is 5.92 Å². The molecule has 152 valence electrons. The largest absolute Gasteiger partial charge is 0.330 e. The first-order valence-corrected chi connectivity index (χ1v) is 10.8. The van der Waals surface area contributed by atoms with E-state index in [-0.39, 0.29) is 17.9 Å². The van der Waals surface area contributed by atoms with Gasteiger partial charge >= 0.3 is 0 Å². The Labute approximate surface area is 183 Å². The summed E-state index contributed by atoms with van der Waals surface area (Å²) in [6, 6.07) is 39.8. The molecule has 1 saturated heterocycles. The molecule has 2 unspecified atom stereocenters. The molecular formula is C29H25NO. The van der Waals surface area contributed by atoms with Gasteiger partial charge in [0.2, 0.25) is 5.91 Å². The van der Waals surface area contributed by atoms with Gasteiger partial charge in [-0.15, -0.1) is 0 Å². The molecule has 0 aromatic heterocycles. The second-order valence-corrected chi connectivity index (χ2v) is 8.18. The number of carbonyl (C=O) groups excluding carboxylic acids is 1. The van der Waals surface area contributed by atoms with Gasteiger partial charge in [-0.1, -0.05) is 115 Å². The van der Waals surface area contributed by atoms with Crippen LogP contribution in [-0.2, 0) is 17.8 Å². The van der Waals surface area contributed by atoms with Crippen molar-refractivity contribution in [2.45, 2.75) is 19.0 Å². The van der Waals surface area contributed by atoms with Crippen molar-refractivity contribution in [3.05, 3.63) is 132 Å². The molecule has 4 aromatic carbocycles. The number of β-lactam (4-membered cyclic amide) rings is 1. The standard InChI is InChI=1S/C29H25NO/c31-29-27(20-22-10-4-1-5-11-22)28(30(29)21-23-12-6-2-7-13-23)26-18-16-25(17-19-26)24-14-8-3-9-15-24/h1-19,27-28H,20-21H2. The van der Waals surface area contributed by atoms with Crippen molar-refractivity contribution < 1.29 is 4.79 Å². The van der Waals surface area contributed by atoms with E-state index in [0.717, 1.165) is 6.42 Å². The number of hydrogen-bond donors (Lipinski definition) is 0. The molecule has 2 atom stereocenters. The highest BCUT2D eigenvalue weighted by molar-refractivity contribution is 5.87. The molecule has 1 fully saturated rings. The normalized spacial score (nSPS) is 17.9. The Morgan fingerprint density at radius 3 is 1.71 bits per heavy atom. The van der Waals surface area contributed by atoms with Gasteiger partial charge in [0.05, 0.1) is 12.0 Å². The lowest BCUT2D eigenvalue weighted by atomic mass is 9.78. The smallest absolute Gasteiger partial charge is 0.229 e. The second-order valence-electron chi connectivity index (χ2n) is 8.18. The average molecular weight is 404 g/mol. The third kappa shape index (κ3) is 4.02. The summed E-state index contributed by atoms with van der Waals surface area (Å²) >= 11 is 0. The van der Waals surface area contributed by atoms with Crippen LogP contribution >= 0.6 is 0 Å². The predicted molar refractivity (Wildman–Crippen MR) is 125 cm³/mol. The van der Waals surface area contributed by atoms with Crippen LogP contribution in [0.25, 0.3) is 11.1 Å². The summed E-state index contributed by atoms with van der Waals surface area (Å²) in [6.07, 6.45) is 0.774. The fourth-order valence-corrected chi connectivity index (χ4v) is 4.56. The van der Waals surface area contributed by atoms with Gasteiger partial charge in [0, 0.05) is 6.54 Å². The van der Waals surface area contributed by atoms with Gasteiger partial charge in [-0.25, -0.2) is 0 Å². The molecule has 2 nitrogen and oxygen atoms in total. The summed E-state index contributed by atoms with van der Waals surface area (Å²) in [5.41, 5.74) is 5.99. The van der Waals surface area contributed by atoms with Crippen molar-refractivity contribution in [2.75, 3.05) is 0 Å². The molecule has 0 radical (unpaired) electrons. The molecule has 0 saturated carbocycles. The quantitative estimate of drug-likeness (QED) is 0.346. The maximum atomic E-state index is 13.2. The molecule has 2 heteroatoms. The monoisotopic (exact) mass is 403 g/mol. The Hall–Kier alpha value is -3.65. The van der Waals surface area contributed by atoms with Crippen molar-refractivity contribution in [1.29, 1.82) is 0 Å². The number of hydrogen-bond acceptors (Lipinski definition) is 1. The highest BCUT2D eigenvalue weighted by Gasteiger charge is 2.47. The number of amides is 1. The first-order valence-electron chi connectivity index (χ1n) is 10.8. The van der Waals surface area contributed by atoms with Gasteiger partial charge in [0.1, 0.15) is 0 Å². The number of carbonyl (C=O) groups is 1. The van der Waals surface area contributed by atoms with E-state index in [9.17, 15) is 4.79 Å². The van der Waals surface area contributed by atoms with Gasteiger partial charge in [-0.2, -0.15) is 0 Å². The fourth-order valence-electron chi connectivity index (χ4n) is 4.56. The zero-order valence-electron chi connectivity index (χ0n) is 17.4. The topological polar surface area (TPSA) is 20.3 Å². The summed E-state index contributed by atoms with van der Waals surface area (Å²) in [5, 5.41) is 0. The van der Waals surface area contributed by atoms with Gasteiger partial charge < -0.3 is 4.90 Å². The summed E-state index contributed by atoms with van der Waals surface area (Å²) in [5.74, 6) is 0.221. The molecule has 1 aliphatic rings. The number of likely N-dealkylation sites (tertiary alicyclic amines) is 1. The molecule has 1 amide bonds. The minimum absolute atomic E-state index is 0.0197. The van der Waals surface area contributed by atoms with Crippen LogP contribution in [0, 0.1) is 5.92 Å². The fraction of sp³-hybridized carbons (Fsp3) is 0.138. The van der Waals surface area contributed by atoms with E-state index in [1.54, 1.807) is 0 Å². The minimum atomic E-state index is -0.0197. The molecular weight excluding hydrogens is 378 g/mol. The predicted octanol–water partition coefficient (Wildman–Crippen LogP) is 6.30. The molecule has 5 rings (SSSR count). The SMILES string of the molecule is O=C1C(Cc2ccccc2)C(c2ccc(-c3ccccc3)cc2)N1Cc1ccccc1. The van der Waals surface area contributed by atoms with E-state index < -0.39 is 0 Å². The Kier molecular flexibility index (Phi) is 5.37. The molecule has 0 aliphatic carbocycles. The number of nitrogens with zero attached hydrogens (tertiary/aromatic N) is 1. The zero-order valence-corrected chi connectivity index (χ0v) is 17.4. The number of benzene rings is 4. The van der Waals surface area contributed by atoms with Crippen LogP contribution in [0.3, 0.4) is 0 Å². The molecule has 1 aliphatic heterocycles. The van der Waals surface area contributed by atoms with Crippen molar-refractivity contribution in [1.82, 2.24) is 4.90 Å². The highest BCUT2D eigenvalue weighted by Crippen LogP contribution is 2.43. The highest BCUT2D eigenvalue weighted by atomic mass is 16.2. The summed E-state index contributed by atoms with van der Waals surface area (Å²) < 4.78 is 0. The molecule has 4 aromatic rings. The summed E-state index contributed by atoms with van der Waals surface area (Å²) in [7, 11) is 0. The van der Waals surface area contributed by atoms with Gasteiger partial charge in [-0.05, 0) is 34.2 Å². The third-order valence-corrected chi connectivity index (χ3v) is 6.17. The molecule has 31 heavy (non-hydrogen) atoms. The summed E-state index contributed by atoms with van der Waals surface area (Å²) in [4.78, 5) is 15.2. The lowest BCUT2D eigenvalue weighted by molar-refractivity contribution is -0.158. The van der Waals surface area contributed by atoms with E-state index in [4.69, 9.17) is 0 Å². The van der Waals surface area contributed by atoms with Gasteiger partial charge in [0.25, 0.3) is 0 Å². The molecule has 0 bridgehead atoms. The maximum absolute atomic E-state index is 13.2. The maximum Gasteiger partial charge on any atom is 0.229 e. The van der Waals surface area contributed by atoms with Crippen LogP contribution < -0.4 is 0 Å². The van der Waals surface area contributed by atoms with Crippen LogP contribution in [0.4, 0.5) is 0 Å². The van der Waals surface area contributed by atoms with Crippen LogP contribution in [0.2, 0.25) is 0 Å². The first-order chi connectivity index (χ1) is 15.3. The Bertz CT molecular complexity index is 1090. The number of rotatable bonds is 6. The molecule has 1 heterocycles. The lowest BCUT2D eigenvalue weighted by Crippen LogP contribution is -2.55. The average Bonchev–Trinajstić information content (AvgIpc) is 2.85. The van der Waals surface area contributed by atoms with Gasteiger partial charge in [0.15, 0.2) is 0 Å². The van der Waals surface area contributed by atoms with Crippen molar-refractivity contribution in [3.8, 4) is 11.1 Å². The Morgan fingerprint density at radius 2 is 1.10 bits per heavy atom. The van der Waals surface area contributed by atoms with Crippen LogP contribution in [0.15, 0.2) is 115 Å². The zero-order chi connectivity index (χ0) is 21.0. The van der Waals surface area contributed by atoms with E-state index in [1.165, 1.54) is 27.8 Å². The first kappa shape index (κ1) is 19.3. The molecule has 0 spiro atoms. The van der Waals surface area contributed by atoms with Crippen molar-refractivity contribution >= 4 is 5.91 Å². The van der Waals surface area contributed by atoms with Crippen LogP contribution in [0.5, 0.6) is 0 Å². The van der Waals surface area contributed by atoms with E-state index in [1.807, 2.05) is 47.4 Å². The van der Waals surface area contributed by atoms with Gasteiger partial charge in [-0.3, -0.25) is 4.79 Å². The van der Waals surface area contributed by atoms with Crippen molar-refractivity contribution in [3.63, 3.8) is 0 Å². The lowest BCUT2D eigenvalue weighted by Gasteiger charge is -2.48. The van der Waals surface area contributed by atoms with E-state index in [0.29, 0.717) is 6.54 Å². The van der Waals surface area contributed by atoms with E-state index >= 15 is 0 Å². The van der Waals surface area contributed by atoms with Crippen LogP contribution in [-0.4, -0.2) is 10.8 Å². The van der Waals surface area contributed by atoms with E-state index in [2.05, 4.69) is 72.8 Å². The minimum Gasteiger partial charge on any atom is -0.330 e. The van der Waals surface area contributed by atoms with Crippen LogP contribution in [0.1, 0.15) is 22.7 Å².